The van der Waals surface area contributed by atoms with Crippen LogP contribution < -0.4 is 5.32 Å². The number of thiophene rings is 1. The van der Waals surface area contributed by atoms with Crippen LogP contribution in [-0.2, 0) is 5.41 Å². The quantitative estimate of drug-likeness (QED) is 0.898. The van der Waals surface area contributed by atoms with E-state index < -0.39 is 0 Å². The van der Waals surface area contributed by atoms with Crippen molar-refractivity contribution < 1.29 is 9.90 Å². The van der Waals surface area contributed by atoms with Gasteiger partial charge in [-0.15, -0.1) is 11.3 Å². The molecule has 1 aliphatic heterocycles. The van der Waals surface area contributed by atoms with Gasteiger partial charge < -0.3 is 15.3 Å². The molecule has 2 amide bonds. The summed E-state index contributed by atoms with van der Waals surface area (Å²) in [6, 6.07) is 4.18. The summed E-state index contributed by atoms with van der Waals surface area (Å²) in [6.45, 7) is 8.26. The highest BCUT2D eigenvalue weighted by molar-refractivity contribution is 7.10. The fourth-order valence-electron chi connectivity index (χ4n) is 2.74. The van der Waals surface area contributed by atoms with Crippen LogP contribution in [-0.4, -0.2) is 41.8 Å². The van der Waals surface area contributed by atoms with Gasteiger partial charge in [0.25, 0.3) is 0 Å². The molecule has 21 heavy (non-hydrogen) atoms. The van der Waals surface area contributed by atoms with Gasteiger partial charge >= 0.3 is 6.03 Å². The number of carbonyl (C=O) groups excluding carboxylic acids is 1. The summed E-state index contributed by atoms with van der Waals surface area (Å²) in [7, 11) is 0. The van der Waals surface area contributed by atoms with Crippen molar-refractivity contribution in [3.63, 3.8) is 0 Å². The monoisotopic (exact) mass is 310 g/mol. The Morgan fingerprint density at radius 2 is 2.19 bits per heavy atom. The minimum atomic E-state index is -0.270. The molecule has 0 radical (unpaired) electrons. The molecule has 0 saturated carbocycles. The van der Waals surface area contributed by atoms with Crippen LogP contribution >= 0.6 is 11.3 Å². The van der Waals surface area contributed by atoms with E-state index in [-0.39, 0.29) is 17.6 Å². The number of nitrogens with one attached hydrogen (secondary N) is 1. The van der Waals surface area contributed by atoms with Crippen molar-refractivity contribution in [1.82, 2.24) is 10.2 Å². The van der Waals surface area contributed by atoms with Gasteiger partial charge in [-0.3, -0.25) is 0 Å². The highest BCUT2D eigenvalue weighted by atomic mass is 32.1. The smallest absolute Gasteiger partial charge is 0.317 e. The lowest BCUT2D eigenvalue weighted by atomic mass is 9.91. The average Bonchev–Trinajstić information content (AvgIpc) is 3.00. The Morgan fingerprint density at radius 3 is 2.71 bits per heavy atom. The predicted molar refractivity (Wildman–Crippen MR) is 86.7 cm³/mol. The fraction of sp³-hybridized carbons (Fsp3) is 0.688. The lowest BCUT2D eigenvalue weighted by molar-refractivity contribution is 0.0796. The van der Waals surface area contributed by atoms with E-state index in [4.69, 9.17) is 0 Å². The van der Waals surface area contributed by atoms with Gasteiger partial charge in [-0.1, -0.05) is 19.9 Å². The number of piperidine rings is 1. The Morgan fingerprint density at radius 1 is 1.52 bits per heavy atom. The zero-order chi connectivity index (χ0) is 15.5. The molecule has 1 fully saturated rings. The maximum atomic E-state index is 12.2. The van der Waals surface area contributed by atoms with Crippen molar-refractivity contribution in [3.05, 3.63) is 22.4 Å². The summed E-state index contributed by atoms with van der Waals surface area (Å²) in [5.74, 6) is 0.330. The molecule has 2 N–H and O–H groups in total. The van der Waals surface area contributed by atoms with Crippen LogP contribution in [0.15, 0.2) is 17.5 Å². The van der Waals surface area contributed by atoms with E-state index in [1.165, 1.54) is 4.88 Å². The van der Waals surface area contributed by atoms with Crippen molar-refractivity contribution in [2.75, 3.05) is 19.6 Å². The maximum Gasteiger partial charge on any atom is 0.317 e. The van der Waals surface area contributed by atoms with E-state index in [9.17, 15) is 9.90 Å². The zero-order valence-corrected chi connectivity index (χ0v) is 13.9. The molecule has 1 aromatic heterocycles. The fourth-order valence-corrected chi connectivity index (χ4v) is 3.60. The summed E-state index contributed by atoms with van der Waals surface area (Å²) in [4.78, 5) is 15.4. The first-order valence-electron chi connectivity index (χ1n) is 7.65. The number of nitrogens with zero attached hydrogens (tertiary/aromatic N) is 1. The lowest BCUT2D eigenvalue weighted by Gasteiger charge is -2.34. The summed E-state index contributed by atoms with van der Waals surface area (Å²) in [5, 5.41) is 14.7. The molecule has 1 atom stereocenters. The summed E-state index contributed by atoms with van der Waals surface area (Å²) in [6.07, 6.45) is 1.51. The Kier molecular flexibility index (Phi) is 5.27. The SMILES string of the molecule is CC(O)C1CCN(C(=O)NCC(C)(C)c2cccs2)CC1. The van der Waals surface area contributed by atoms with E-state index in [2.05, 4.69) is 30.6 Å². The Balaban J connectivity index is 1.80. The first kappa shape index (κ1) is 16.3. The largest absolute Gasteiger partial charge is 0.393 e. The van der Waals surface area contributed by atoms with Crippen LogP contribution in [0.25, 0.3) is 0 Å². The van der Waals surface area contributed by atoms with Crippen molar-refractivity contribution in [2.45, 2.75) is 45.1 Å². The van der Waals surface area contributed by atoms with E-state index in [0.717, 1.165) is 25.9 Å². The van der Waals surface area contributed by atoms with Crippen LogP contribution in [0.2, 0.25) is 0 Å². The van der Waals surface area contributed by atoms with Gasteiger partial charge in [0, 0.05) is 29.9 Å². The highest BCUT2D eigenvalue weighted by Crippen LogP contribution is 2.27. The molecule has 118 valence electrons. The van der Waals surface area contributed by atoms with E-state index in [1.807, 2.05) is 17.9 Å². The molecule has 1 saturated heterocycles. The number of aliphatic hydroxyl groups is 1. The lowest BCUT2D eigenvalue weighted by Crippen LogP contribution is -2.48. The molecule has 0 bridgehead atoms. The third-order valence-electron chi connectivity index (χ3n) is 4.38. The van der Waals surface area contributed by atoms with Crippen molar-refractivity contribution in [3.8, 4) is 0 Å². The standard InChI is InChI=1S/C16H26N2O2S/c1-12(19)13-6-8-18(9-7-13)15(20)17-11-16(2,3)14-5-4-10-21-14/h4-5,10,12-13,19H,6-9,11H2,1-3H3,(H,17,20). The van der Waals surface area contributed by atoms with Gasteiger partial charge in [-0.05, 0) is 37.1 Å². The number of likely N-dealkylation sites (tertiary alicyclic amines) is 1. The van der Waals surface area contributed by atoms with Crippen LogP contribution in [0, 0.1) is 5.92 Å². The normalized spacial score (nSPS) is 18.6. The predicted octanol–water partition coefficient (Wildman–Crippen LogP) is 2.83. The van der Waals surface area contributed by atoms with Crippen LogP contribution in [0.4, 0.5) is 4.79 Å². The molecule has 2 rings (SSSR count). The number of aliphatic hydroxyl groups excluding tert-OH is 1. The van der Waals surface area contributed by atoms with Crippen LogP contribution in [0.1, 0.15) is 38.5 Å². The van der Waals surface area contributed by atoms with E-state index >= 15 is 0 Å². The number of urea groups is 1. The Bertz CT molecular complexity index is 449. The van der Waals surface area contributed by atoms with Crippen molar-refractivity contribution in [2.24, 2.45) is 5.92 Å². The second kappa shape index (κ2) is 6.79. The van der Waals surface area contributed by atoms with Crippen LogP contribution in [0.5, 0.6) is 0 Å². The third-order valence-corrected chi connectivity index (χ3v) is 5.61. The summed E-state index contributed by atoms with van der Waals surface area (Å²) >= 11 is 1.73. The zero-order valence-electron chi connectivity index (χ0n) is 13.1. The molecule has 1 aliphatic rings. The minimum absolute atomic E-state index is 0.0173. The number of amides is 2. The second-order valence-corrected chi connectivity index (χ2v) is 7.53. The Labute approximate surface area is 131 Å². The number of hydrogen-bond donors (Lipinski definition) is 2. The average molecular weight is 310 g/mol. The number of hydrogen-bond acceptors (Lipinski definition) is 3. The first-order chi connectivity index (χ1) is 9.90. The molecule has 1 aromatic rings. The van der Waals surface area contributed by atoms with Gasteiger partial charge in [0.1, 0.15) is 0 Å². The first-order valence-corrected chi connectivity index (χ1v) is 8.53. The van der Waals surface area contributed by atoms with Gasteiger partial charge in [0.2, 0.25) is 0 Å². The van der Waals surface area contributed by atoms with Crippen molar-refractivity contribution >= 4 is 17.4 Å². The van der Waals surface area contributed by atoms with Crippen molar-refractivity contribution in [1.29, 1.82) is 0 Å². The number of rotatable bonds is 4. The van der Waals surface area contributed by atoms with E-state index in [0.29, 0.717) is 12.5 Å². The van der Waals surface area contributed by atoms with Crippen LogP contribution in [0.3, 0.4) is 0 Å². The highest BCUT2D eigenvalue weighted by Gasteiger charge is 2.27. The third kappa shape index (κ3) is 4.20. The molecule has 4 nitrogen and oxygen atoms in total. The molecule has 2 heterocycles. The maximum absolute atomic E-state index is 12.2. The van der Waals surface area contributed by atoms with E-state index in [1.54, 1.807) is 11.3 Å². The molecular weight excluding hydrogens is 284 g/mol. The van der Waals surface area contributed by atoms with Gasteiger partial charge in [0.05, 0.1) is 6.10 Å². The minimum Gasteiger partial charge on any atom is -0.393 e. The molecule has 0 aliphatic carbocycles. The number of carbonyl (C=O) groups is 1. The topological polar surface area (TPSA) is 52.6 Å². The molecular formula is C16H26N2O2S. The summed E-state index contributed by atoms with van der Waals surface area (Å²) in [5.41, 5.74) is -0.0399. The molecule has 1 unspecified atom stereocenters. The second-order valence-electron chi connectivity index (χ2n) is 6.58. The van der Waals surface area contributed by atoms with Gasteiger partial charge in [-0.2, -0.15) is 0 Å². The molecule has 0 aromatic carbocycles. The summed E-state index contributed by atoms with van der Waals surface area (Å²) < 4.78 is 0. The molecule has 0 spiro atoms. The van der Waals surface area contributed by atoms with Gasteiger partial charge in [0.15, 0.2) is 0 Å². The Hall–Kier alpha value is -1.07. The van der Waals surface area contributed by atoms with Gasteiger partial charge in [-0.25, -0.2) is 4.79 Å². The molecule has 5 heteroatoms.